The molecule has 0 spiro atoms. The summed E-state index contributed by atoms with van der Waals surface area (Å²) in [7, 11) is -0.919. The van der Waals surface area contributed by atoms with Crippen molar-refractivity contribution in [1.82, 2.24) is 0 Å². The van der Waals surface area contributed by atoms with E-state index in [2.05, 4.69) is 52.0 Å². The van der Waals surface area contributed by atoms with E-state index in [1.54, 1.807) is 0 Å². The first-order valence-electron chi connectivity index (χ1n) is 12.0. The smallest absolute Gasteiger partial charge is 0.161 e. The van der Waals surface area contributed by atoms with Gasteiger partial charge in [-0.2, -0.15) is 0 Å². The highest BCUT2D eigenvalue weighted by Crippen LogP contribution is 2.26. The third kappa shape index (κ3) is 8.26. The quantitative estimate of drug-likeness (QED) is 0.359. The lowest BCUT2D eigenvalue weighted by Crippen LogP contribution is -2.25. The molecule has 0 radical (unpaired) electrons. The number of hydrogen-bond donors (Lipinski definition) is 0. The van der Waals surface area contributed by atoms with Crippen LogP contribution in [-0.2, 0) is 0 Å². The Labute approximate surface area is 193 Å². The summed E-state index contributed by atoms with van der Waals surface area (Å²) in [6.07, 6.45) is 4.00. The summed E-state index contributed by atoms with van der Waals surface area (Å²) in [4.78, 5) is 0. The second-order valence-corrected chi connectivity index (χ2v) is 13.1. The number of para-hydroxylation sites is 2. The topological polar surface area (TPSA) is 36.9 Å². The minimum absolute atomic E-state index is 0.460. The monoisotopic (exact) mass is 460 g/mol. The summed E-state index contributed by atoms with van der Waals surface area (Å²) in [5.74, 6) is 3.79. The van der Waals surface area contributed by atoms with Crippen molar-refractivity contribution < 1.29 is 18.9 Å². The molecule has 0 aliphatic rings. The summed E-state index contributed by atoms with van der Waals surface area (Å²) in [6, 6.07) is 12.8. The number of hydrogen-bond acceptors (Lipinski definition) is 4. The molecule has 0 aliphatic carbocycles. The molecule has 0 heterocycles. The molecule has 4 nitrogen and oxygen atoms in total. The summed E-state index contributed by atoms with van der Waals surface area (Å²) < 4.78 is 24.2. The summed E-state index contributed by atoms with van der Waals surface area (Å²) in [6.45, 7) is 11.5. The molecule has 0 aromatic heterocycles. The lowest BCUT2D eigenvalue weighted by atomic mass is 10.3. The van der Waals surface area contributed by atoms with E-state index in [-0.39, 0.29) is 0 Å². The molecule has 0 atom stereocenters. The van der Waals surface area contributed by atoms with E-state index in [9.17, 15) is 0 Å². The Hall–Kier alpha value is -1.93. The average molecular weight is 461 g/mol. The third-order valence-corrected chi connectivity index (χ3v) is 9.86. The molecule has 0 unspecified atom stereocenters. The van der Waals surface area contributed by atoms with E-state index in [1.165, 1.54) is 16.0 Å². The first kappa shape index (κ1) is 25.3. The zero-order valence-corrected chi connectivity index (χ0v) is 22.7. The molecule has 2 aromatic carbocycles. The molecule has 0 amide bonds. The van der Waals surface area contributed by atoms with Crippen LogP contribution >= 0.6 is 0 Å². The molecule has 0 saturated carbocycles. The van der Waals surface area contributed by atoms with Crippen LogP contribution in [0.15, 0.2) is 36.4 Å². The molecule has 6 heteroatoms. The number of rotatable bonds is 16. The Kier molecular flexibility index (Phi) is 12.2. The van der Waals surface area contributed by atoms with Crippen LogP contribution in [0.25, 0.3) is 0 Å². The fourth-order valence-corrected chi connectivity index (χ4v) is 8.74. The van der Waals surface area contributed by atoms with Crippen molar-refractivity contribution in [2.24, 2.45) is 0 Å². The molecule has 31 heavy (non-hydrogen) atoms. The van der Waals surface area contributed by atoms with Gasteiger partial charge >= 0.3 is 0 Å². The maximum Gasteiger partial charge on any atom is 0.161 e. The summed E-state index contributed by atoms with van der Waals surface area (Å²) in [5, 5.41) is 2.76. The van der Waals surface area contributed by atoms with Crippen LogP contribution in [0.5, 0.6) is 23.0 Å². The van der Waals surface area contributed by atoms with Crippen molar-refractivity contribution in [3.63, 3.8) is 0 Å². The predicted octanol–water partition coefficient (Wildman–Crippen LogP) is 3.51. The van der Waals surface area contributed by atoms with Crippen LogP contribution in [0.1, 0.15) is 53.4 Å². The Morgan fingerprint density at radius 3 is 1.32 bits per heavy atom. The molecule has 2 aromatic rings. The molecule has 172 valence electrons. The Morgan fingerprint density at radius 1 is 0.548 bits per heavy atom. The van der Waals surface area contributed by atoms with Crippen LogP contribution in [0.2, 0.25) is 5.67 Å². The van der Waals surface area contributed by atoms with Crippen molar-refractivity contribution in [2.75, 3.05) is 26.4 Å². The summed E-state index contributed by atoms with van der Waals surface area (Å²) >= 11 is 0. The van der Waals surface area contributed by atoms with Gasteiger partial charge in [-0.1, -0.05) is 57.6 Å². The first-order valence-corrected chi connectivity index (χ1v) is 15.4. The summed E-state index contributed by atoms with van der Waals surface area (Å²) in [5.41, 5.74) is 1.28. The molecular formula is C25H40O4Si2. The second-order valence-electron chi connectivity index (χ2n) is 7.74. The Balaban J connectivity index is 2.13. The lowest BCUT2D eigenvalue weighted by molar-refractivity contribution is 0.270. The highest BCUT2D eigenvalue weighted by atomic mass is 28.3. The fraction of sp³-hybridized carbons (Fsp3) is 0.520. The molecular weight excluding hydrogens is 420 g/mol. The average Bonchev–Trinajstić information content (AvgIpc) is 2.79. The zero-order chi connectivity index (χ0) is 22.3. The Morgan fingerprint density at radius 2 is 0.935 bits per heavy atom. The van der Waals surface area contributed by atoms with Crippen molar-refractivity contribution >= 4 is 29.4 Å². The molecule has 0 aliphatic heterocycles. The highest BCUT2D eigenvalue weighted by Gasteiger charge is 2.14. The van der Waals surface area contributed by atoms with Crippen LogP contribution in [-0.4, -0.2) is 45.5 Å². The van der Waals surface area contributed by atoms with Crippen LogP contribution < -0.4 is 29.3 Å². The van der Waals surface area contributed by atoms with E-state index in [1.807, 2.05) is 12.1 Å². The molecule has 2 rings (SSSR count). The predicted molar refractivity (Wildman–Crippen MR) is 137 cm³/mol. The number of benzene rings is 2. The van der Waals surface area contributed by atoms with Gasteiger partial charge in [0.15, 0.2) is 23.0 Å². The molecule has 0 saturated heterocycles. The van der Waals surface area contributed by atoms with Gasteiger partial charge in [-0.05, 0) is 48.2 Å². The maximum absolute atomic E-state index is 6.14. The lowest BCUT2D eigenvalue weighted by Gasteiger charge is -2.17. The van der Waals surface area contributed by atoms with Crippen LogP contribution in [0.4, 0.5) is 0 Å². The third-order valence-electron chi connectivity index (χ3n) is 4.84. The minimum Gasteiger partial charge on any atom is -0.490 e. The van der Waals surface area contributed by atoms with E-state index < -0.39 is 19.0 Å². The fourth-order valence-electron chi connectivity index (χ4n) is 3.37. The van der Waals surface area contributed by atoms with Gasteiger partial charge in [-0.15, -0.1) is 0 Å². The van der Waals surface area contributed by atoms with Crippen LogP contribution in [0.3, 0.4) is 0 Å². The van der Waals surface area contributed by atoms with Gasteiger partial charge in [0.25, 0.3) is 0 Å². The normalized spacial score (nSPS) is 11.5. The van der Waals surface area contributed by atoms with E-state index >= 15 is 0 Å². The zero-order valence-electron chi connectivity index (χ0n) is 19.9. The van der Waals surface area contributed by atoms with Gasteiger partial charge in [0, 0.05) is 0 Å². The molecule has 0 fully saturated rings. The standard InChI is InChI=1S/C25H40O4Si2/c1-5-15-26-20-11-9-13-22(24(20)28-17-7-3)30-19-31-23-14-10-12-21(27-16-6-2)25(23)29-18-8-4/h9-14H,5-8,15-19,30-31H2,1-4H3. The van der Waals surface area contributed by atoms with Crippen molar-refractivity contribution in [1.29, 1.82) is 0 Å². The van der Waals surface area contributed by atoms with Gasteiger partial charge in [-0.3, -0.25) is 0 Å². The van der Waals surface area contributed by atoms with Gasteiger partial charge in [0.2, 0.25) is 0 Å². The van der Waals surface area contributed by atoms with E-state index in [4.69, 9.17) is 18.9 Å². The first-order chi connectivity index (χ1) is 15.2. The van der Waals surface area contributed by atoms with Gasteiger partial charge in [0.05, 0.1) is 45.5 Å². The largest absolute Gasteiger partial charge is 0.490 e. The van der Waals surface area contributed by atoms with Crippen LogP contribution in [0, 0.1) is 0 Å². The van der Waals surface area contributed by atoms with Crippen molar-refractivity contribution in [3.8, 4) is 23.0 Å². The van der Waals surface area contributed by atoms with Crippen molar-refractivity contribution in [2.45, 2.75) is 59.0 Å². The van der Waals surface area contributed by atoms with Gasteiger partial charge in [-0.25, -0.2) is 0 Å². The molecule has 0 N–H and O–H groups in total. The van der Waals surface area contributed by atoms with Gasteiger partial charge < -0.3 is 18.9 Å². The minimum atomic E-state index is -0.460. The van der Waals surface area contributed by atoms with Gasteiger partial charge in [0.1, 0.15) is 0 Å². The van der Waals surface area contributed by atoms with E-state index in [0.29, 0.717) is 0 Å². The SMILES string of the molecule is CCCOc1cccc([SiH2]C[SiH2]c2cccc(OCCC)c2OCCC)c1OCCC. The van der Waals surface area contributed by atoms with Crippen molar-refractivity contribution in [3.05, 3.63) is 36.4 Å². The van der Waals surface area contributed by atoms with E-state index in [0.717, 1.165) is 75.1 Å². The second kappa shape index (κ2) is 15.0. The maximum atomic E-state index is 6.14. The Bertz CT molecular complexity index is 704. The number of ether oxygens (including phenoxy) is 4. The molecule has 0 bridgehead atoms. The highest BCUT2D eigenvalue weighted by molar-refractivity contribution is 6.72.